The van der Waals surface area contributed by atoms with E-state index in [1.807, 2.05) is 12.1 Å². The van der Waals surface area contributed by atoms with Gasteiger partial charge in [0, 0.05) is 12.6 Å². The topological polar surface area (TPSA) is 50.4 Å². The van der Waals surface area contributed by atoms with E-state index in [9.17, 15) is 4.79 Å². The molecule has 1 aliphatic carbocycles. The minimum atomic E-state index is -0.0808. The van der Waals surface area contributed by atoms with Crippen LogP contribution in [0.4, 0.5) is 5.69 Å². The maximum absolute atomic E-state index is 11.4. The number of carbonyl (C=O) groups excluding carboxylic acids is 1. The Kier molecular flexibility index (Phi) is 4.15. The Balaban J connectivity index is 1.58. The Bertz CT molecular complexity index is 530. The van der Waals surface area contributed by atoms with Crippen LogP contribution < -0.4 is 15.4 Å². The van der Waals surface area contributed by atoms with E-state index in [4.69, 9.17) is 4.74 Å². The molecular weight excluding hydrogens is 264 g/mol. The number of benzene rings is 1. The lowest BCUT2D eigenvalue weighted by Gasteiger charge is -2.32. The molecule has 1 heterocycles. The molecule has 1 aliphatic heterocycles. The van der Waals surface area contributed by atoms with E-state index in [1.165, 1.54) is 24.8 Å². The van der Waals surface area contributed by atoms with Gasteiger partial charge in [-0.05, 0) is 48.8 Å². The summed E-state index contributed by atoms with van der Waals surface area (Å²) < 4.78 is 5.38. The zero-order valence-corrected chi connectivity index (χ0v) is 12.8. The molecule has 1 aromatic rings. The van der Waals surface area contributed by atoms with Crippen LogP contribution in [-0.2, 0) is 11.3 Å². The van der Waals surface area contributed by atoms with Crippen molar-refractivity contribution >= 4 is 11.6 Å². The van der Waals surface area contributed by atoms with Crippen LogP contribution in [0.5, 0.6) is 5.75 Å². The second-order valence-corrected chi connectivity index (χ2v) is 6.51. The van der Waals surface area contributed by atoms with Crippen LogP contribution in [0.15, 0.2) is 18.2 Å². The predicted octanol–water partition coefficient (Wildman–Crippen LogP) is 2.93. The first-order valence-corrected chi connectivity index (χ1v) is 7.91. The van der Waals surface area contributed by atoms with Gasteiger partial charge in [0.2, 0.25) is 0 Å². The van der Waals surface area contributed by atoms with Gasteiger partial charge in [0.1, 0.15) is 5.75 Å². The Hall–Kier alpha value is -1.55. The van der Waals surface area contributed by atoms with Gasteiger partial charge in [-0.25, -0.2) is 0 Å². The normalized spacial score (nSPS) is 28.5. The first-order chi connectivity index (χ1) is 10.1. The Morgan fingerprint density at radius 2 is 2.14 bits per heavy atom. The van der Waals surface area contributed by atoms with Crippen molar-refractivity contribution in [3.05, 3.63) is 23.8 Å². The van der Waals surface area contributed by atoms with Crippen LogP contribution in [0.1, 0.15) is 38.7 Å². The van der Waals surface area contributed by atoms with Crippen LogP contribution in [0.25, 0.3) is 0 Å². The van der Waals surface area contributed by atoms with Gasteiger partial charge in [0.25, 0.3) is 5.91 Å². The lowest BCUT2D eigenvalue weighted by Crippen LogP contribution is -2.35. The van der Waals surface area contributed by atoms with Crippen LogP contribution in [0.2, 0.25) is 0 Å². The molecule has 3 unspecified atom stereocenters. The number of hydrogen-bond acceptors (Lipinski definition) is 3. The third kappa shape index (κ3) is 3.38. The van der Waals surface area contributed by atoms with Crippen LogP contribution >= 0.6 is 0 Å². The van der Waals surface area contributed by atoms with Crippen molar-refractivity contribution in [2.45, 2.75) is 45.7 Å². The van der Waals surface area contributed by atoms with E-state index in [1.54, 1.807) is 0 Å². The summed E-state index contributed by atoms with van der Waals surface area (Å²) in [4.78, 5) is 11.4. The highest BCUT2D eigenvalue weighted by atomic mass is 16.5. The van der Waals surface area contributed by atoms with E-state index >= 15 is 0 Å². The van der Waals surface area contributed by atoms with E-state index in [-0.39, 0.29) is 12.5 Å². The molecule has 114 valence electrons. The van der Waals surface area contributed by atoms with Crippen molar-refractivity contribution in [1.82, 2.24) is 5.32 Å². The summed E-state index contributed by atoms with van der Waals surface area (Å²) >= 11 is 0. The minimum Gasteiger partial charge on any atom is -0.482 e. The molecule has 21 heavy (non-hydrogen) atoms. The summed E-state index contributed by atoms with van der Waals surface area (Å²) in [5.74, 6) is 2.33. The quantitative estimate of drug-likeness (QED) is 0.899. The van der Waals surface area contributed by atoms with E-state index < -0.39 is 0 Å². The van der Waals surface area contributed by atoms with Crippen LogP contribution in [-0.4, -0.2) is 18.6 Å². The van der Waals surface area contributed by atoms with E-state index in [2.05, 4.69) is 30.5 Å². The number of nitrogens with one attached hydrogen (secondary N) is 2. The molecule has 1 amide bonds. The Morgan fingerprint density at radius 1 is 1.29 bits per heavy atom. The van der Waals surface area contributed by atoms with Crippen LogP contribution in [0, 0.1) is 11.8 Å². The monoisotopic (exact) mass is 288 g/mol. The van der Waals surface area contributed by atoms with Crippen molar-refractivity contribution in [2.75, 3.05) is 11.9 Å². The van der Waals surface area contributed by atoms with Gasteiger partial charge in [0.05, 0.1) is 5.69 Å². The zero-order valence-electron chi connectivity index (χ0n) is 12.8. The van der Waals surface area contributed by atoms with Crippen molar-refractivity contribution in [1.29, 1.82) is 0 Å². The average Bonchev–Trinajstić information content (AvgIpc) is 2.48. The summed E-state index contributed by atoms with van der Waals surface area (Å²) in [6.45, 7) is 5.66. The van der Waals surface area contributed by atoms with Crippen LogP contribution in [0.3, 0.4) is 0 Å². The molecule has 2 aliphatic rings. The van der Waals surface area contributed by atoms with Gasteiger partial charge in [-0.1, -0.05) is 19.9 Å². The summed E-state index contributed by atoms with van der Waals surface area (Å²) in [6, 6.07) is 6.63. The highest BCUT2D eigenvalue weighted by Crippen LogP contribution is 2.30. The van der Waals surface area contributed by atoms with Gasteiger partial charge >= 0.3 is 0 Å². The summed E-state index contributed by atoms with van der Waals surface area (Å²) in [7, 11) is 0. The number of carbonyl (C=O) groups is 1. The summed E-state index contributed by atoms with van der Waals surface area (Å²) in [6.07, 6.45) is 3.83. The molecule has 1 saturated carbocycles. The minimum absolute atomic E-state index is 0.0808. The Morgan fingerprint density at radius 3 is 2.95 bits per heavy atom. The first-order valence-electron chi connectivity index (χ1n) is 7.91. The van der Waals surface area contributed by atoms with Gasteiger partial charge in [-0.3, -0.25) is 4.79 Å². The number of amides is 1. The fourth-order valence-corrected chi connectivity index (χ4v) is 3.24. The maximum atomic E-state index is 11.4. The molecule has 0 saturated heterocycles. The summed E-state index contributed by atoms with van der Waals surface area (Å²) in [5.41, 5.74) is 1.97. The molecule has 0 aromatic heterocycles. The summed E-state index contributed by atoms with van der Waals surface area (Å²) in [5, 5.41) is 6.51. The number of rotatable bonds is 3. The Labute approximate surface area is 126 Å². The maximum Gasteiger partial charge on any atom is 0.262 e. The molecular formula is C17H24N2O2. The second-order valence-electron chi connectivity index (χ2n) is 6.51. The first kappa shape index (κ1) is 14.4. The van der Waals surface area contributed by atoms with Crippen molar-refractivity contribution in [2.24, 2.45) is 11.8 Å². The number of ether oxygens (including phenoxy) is 1. The molecule has 3 atom stereocenters. The lowest BCUT2D eigenvalue weighted by atomic mass is 9.79. The smallest absolute Gasteiger partial charge is 0.262 e. The standard InChI is InChI=1S/C17H24N2O2/c1-11-3-5-14(7-12(11)2)18-9-13-4-6-16-15(8-13)19-17(20)10-21-16/h4,6,8,11-12,14,18H,3,5,7,9-10H2,1-2H3,(H,19,20). The molecule has 1 fully saturated rings. The fourth-order valence-electron chi connectivity index (χ4n) is 3.24. The SMILES string of the molecule is CC1CCC(NCc2ccc3c(c2)NC(=O)CO3)CC1C. The third-order valence-corrected chi connectivity index (χ3v) is 4.87. The van der Waals surface area contributed by atoms with E-state index in [0.717, 1.165) is 29.8 Å². The molecule has 3 rings (SSSR count). The molecule has 4 heteroatoms. The van der Waals surface area contributed by atoms with Gasteiger partial charge in [-0.2, -0.15) is 0 Å². The van der Waals surface area contributed by atoms with Gasteiger partial charge in [-0.15, -0.1) is 0 Å². The number of hydrogen-bond donors (Lipinski definition) is 2. The molecule has 0 bridgehead atoms. The molecule has 0 spiro atoms. The van der Waals surface area contributed by atoms with Gasteiger partial charge < -0.3 is 15.4 Å². The number of anilines is 1. The third-order valence-electron chi connectivity index (χ3n) is 4.87. The largest absolute Gasteiger partial charge is 0.482 e. The predicted molar refractivity (Wildman–Crippen MR) is 83.4 cm³/mol. The van der Waals surface area contributed by atoms with Crippen molar-refractivity contribution in [3.63, 3.8) is 0 Å². The molecule has 4 nitrogen and oxygen atoms in total. The average molecular weight is 288 g/mol. The highest BCUT2D eigenvalue weighted by molar-refractivity contribution is 5.95. The molecule has 1 aromatic carbocycles. The highest BCUT2D eigenvalue weighted by Gasteiger charge is 2.24. The number of fused-ring (bicyclic) bond motifs is 1. The second kappa shape index (κ2) is 6.06. The fraction of sp³-hybridized carbons (Fsp3) is 0.588. The van der Waals surface area contributed by atoms with E-state index in [0.29, 0.717) is 6.04 Å². The van der Waals surface area contributed by atoms with Crippen molar-refractivity contribution in [3.8, 4) is 5.75 Å². The van der Waals surface area contributed by atoms with Crippen molar-refractivity contribution < 1.29 is 9.53 Å². The zero-order chi connectivity index (χ0) is 14.8. The molecule has 0 radical (unpaired) electrons. The van der Waals surface area contributed by atoms with Gasteiger partial charge in [0.15, 0.2) is 6.61 Å². The molecule has 2 N–H and O–H groups in total. The lowest BCUT2D eigenvalue weighted by molar-refractivity contribution is -0.118.